The van der Waals surface area contributed by atoms with Crippen LogP contribution in [-0.2, 0) is 11.3 Å². The van der Waals surface area contributed by atoms with E-state index in [1.54, 1.807) is 15.9 Å². The van der Waals surface area contributed by atoms with Gasteiger partial charge in [0, 0.05) is 19.6 Å². The fourth-order valence-electron chi connectivity index (χ4n) is 4.69. The fourth-order valence-corrected chi connectivity index (χ4v) is 4.69. The number of furan rings is 1. The lowest BCUT2D eigenvalue weighted by molar-refractivity contribution is -0.129. The molecule has 29 heavy (non-hydrogen) atoms. The summed E-state index contributed by atoms with van der Waals surface area (Å²) in [5, 5.41) is 2.47. The van der Waals surface area contributed by atoms with Gasteiger partial charge in [-0.1, -0.05) is 13.8 Å². The molecule has 1 aromatic heterocycles. The molecule has 4 amide bonds. The third kappa shape index (κ3) is 3.77. The van der Waals surface area contributed by atoms with Gasteiger partial charge in [0.05, 0.1) is 6.54 Å². The highest BCUT2D eigenvalue weighted by molar-refractivity contribution is 6.07. The second-order valence-corrected chi connectivity index (χ2v) is 8.84. The van der Waals surface area contributed by atoms with Crippen LogP contribution in [0.5, 0.6) is 0 Å². The summed E-state index contributed by atoms with van der Waals surface area (Å²) in [6.07, 6.45) is 3.33. The molecule has 8 nitrogen and oxygen atoms in total. The van der Waals surface area contributed by atoms with Gasteiger partial charge in [0.15, 0.2) is 5.76 Å². The SMILES string of the molecule is CC(C)CN1C(=O)NC(=O)C12CCN(C(=O)c1ccc(CN3CCCC3)o1)CC2. The number of rotatable bonds is 5. The van der Waals surface area contributed by atoms with Gasteiger partial charge in [-0.3, -0.25) is 19.8 Å². The summed E-state index contributed by atoms with van der Waals surface area (Å²) in [6.45, 7) is 8.33. The highest BCUT2D eigenvalue weighted by Gasteiger charge is 2.54. The Morgan fingerprint density at radius 2 is 1.83 bits per heavy atom. The average molecular weight is 402 g/mol. The first-order chi connectivity index (χ1) is 13.9. The molecule has 4 heterocycles. The van der Waals surface area contributed by atoms with Crippen molar-refractivity contribution < 1.29 is 18.8 Å². The zero-order valence-corrected chi connectivity index (χ0v) is 17.3. The number of carbonyl (C=O) groups excluding carboxylic acids is 3. The van der Waals surface area contributed by atoms with E-state index in [9.17, 15) is 14.4 Å². The summed E-state index contributed by atoms with van der Waals surface area (Å²) in [4.78, 5) is 43.5. The topological polar surface area (TPSA) is 86.1 Å². The first kappa shape index (κ1) is 19.9. The molecule has 1 aromatic rings. The Morgan fingerprint density at radius 3 is 2.48 bits per heavy atom. The molecular formula is C21H30N4O4. The van der Waals surface area contributed by atoms with E-state index in [2.05, 4.69) is 10.2 Å². The van der Waals surface area contributed by atoms with Crippen molar-refractivity contribution in [1.82, 2.24) is 20.0 Å². The highest BCUT2D eigenvalue weighted by atomic mass is 16.4. The molecular weight excluding hydrogens is 372 g/mol. The Hall–Kier alpha value is -2.35. The van der Waals surface area contributed by atoms with Gasteiger partial charge in [-0.2, -0.15) is 0 Å². The van der Waals surface area contributed by atoms with E-state index in [-0.39, 0.29) is 23.8 Å². The zero-order valence-electron chi connectivity index (χ0n) is 17.3. The summed E-state index contributed by atoms with van der Waals surface area (Å²) in [6, 6.07) is 3.31. The largest absolute Gasteiger partial charge is 0.455 e. The number of hydrogen-bond donors (Lipinski definition) is 1. The van der Waals surface area contributed by atoms with Crippen LogP contribution in [0.2, 0.25) is 0 Å². The maximum atomic E-state index is 12.9. The van der Waals surface area contributed by atoms with Crippen molar-refractivity contribution in [1.29, 1.82) is 0 Å². The normalized spacial score (nSPS) is 22.2. The monoisotopic (exact) mass is 402 g/mol. The van der Waals surface area contributed by atoms with Gasteiger partial charge in [-0.15, -0.1) is 0 Å². The second kappa shape index (κ2) is 7.82. The molecule has 0 unspecified atom stereocenters. The van der Waals surface area contributed by atoms with Crippen LogP contribution in [0.15, 0.2) is 16.5 Å². The Labute approximate surface area is 171 Å². The summed E-state index contributed by atoms with van der Waals surface area (Å²) in [5.74, 6) is 1.04. The minimum Gasteiger partial charge on any atom is -0.455 e. The summed E-state index contributed by atoms with van der Waals surface area (Å²) < 4.78 is 5.81. The van der Waals surface area contributed by atoms with Gasteiger partial charge in [0.2, 0.25) is 0 Å². The van der Waals surface area contributed by atoms with E-state index in [1.807, 2.05) is 19.9 Å². The average Bonchev–Trinajstić information content (AvgIpc) is 3.41. The van der Waals surface area contributed by atoms with Crippen molar-refractivity contribution in [3.05, 3.63) is 23.7 Å². The van der Waals surface area contributed by atoms with Crippen molar-refractivity contribution in [2.24, 2.45) is 5.92 Å². The molecule has 3 saturated heterocycles. The molecule has 3 fully saturated rings. The predicted octanol–water partition coefficient (Wildman–Crippen LogP) is 2.06. The molecule has 4 rings (SSSR count). The smallest absolute Gasteiger partial charge is 0.325 e. The number of nitrogens with zero attached hydrogens (tertiary/aromatic N) is 3. The number of urea groups is 1. The van der Waals surface area contributed by atoms with Crippen molar-refractivity contribution in [3.8, 4) is 0 Å². The van der Waals surface area contributed by atoms with Crippen molar-refractivity contribution >= 4 is 17.8 Å². The molecule has 0 bridgehead atoms. The maximum absolute atomic E-state index is 12.9. The third-order valence-corrected chi connectivity index (χ3v) is 6.28. The van der Waals surface area contributed by atoms with Gasteiger partial charge in [-0.05, 0) is 56.8 Å². The fraction of sp³-hybridized carbons (Fsp3) is 0.667. The van der Waals surface area contributed by atoms with Gasteiger partial charge in [0.25, 0.3) is 11.8 Å². The minimum absolute atomic E-state index is 0.146. The van der Waals surface area contributed by atoms with E-state index in [0.717, 1.165) is 25.4 Å². The first-order valence-corrected chi connectivity index (χ1v) is 10.6. The van der Waals surface area contributed by atoms with Crippen LogP contribution in [0.1, 0.15) is 55.8 Å². The van der Waals surface area contributed by atoms with Crippen LogP contribution in [0.3, 0.4) is 0 Å². The molecule has 3 aliphatic rings. The van der Waals surface area contributed by atoms with Crippen molar-refractivity contribution in [3.63, 3.8) is 0 Å². The van der Waals surface area contributed by atoms with Crippen LogP contribution in [0.25, 0.3) is 0 Å². The second-order valence-electron chi connectivity index (χ2n) is 8.84. The number of carbonyl (C=O) groups is 3. The van der Waals surface area contributed by atoms with Gasteiger partial charge in [-0.25, -0.2) is 4.79 Å². The maximum Gasteiger partial charge on any atom is 0.325 e. The number of amides is 4. The van der Waals surface area contributed by atoms with Crippen LogP contribution in [0, 0.1) is 5.92 Å². The standard InChI is InChI=1S/C21H30N4O4/c1-15(2)13-25-20(28)22-19(27)21(25)7-11-24(12-8-21)18(26)17-6-5-16(29-17)14-23-9-3-4-10-23/h5-6,15H,3-4,7-14H2,1-2H3,(H,22,27,28). The Morgan fingerprint density at radius 1 is 1.14 bits per heavy atom. The number of nitrogens with one attached hydrogen (secondary N) is 1. The predicted molar refractivity (Wildman–Crippen MR) is 106 cm³/mol. The molecule has 8 heteroatoms. The van der Waals surface area contributed by atoms with Crippen LogP contribution >= 0.6 is 0 Å². The lowest BCUT2D eigenvalue weighted by Gasteiger charge is -2.42. The van der Waals surface area contributed by atoms with E-state index in [0.29, 0.717) is 38.2 Å². The van der Waals surface area contributed by atoms with Crippen LogP contribution in [0.4, 0.5) is 4.79 Å². The number of piperidine rings is 1. The first-order valence-electron chi connectivity index (χ1n) is 10.6. The van der Waals surface area contributed by atoms with E-state index in [1.165, 1.54) is 12.8 Å². The molecule has 0 radical (unpaired) electrons. The number of hydrogen-bond acceptors (Lipinski definition) is 5. The molecule has 158 valence electrons. The zero-order chi connectivity index (χ0) is 20.6. The molecule has 0 saturated carbocycles. The van der Waals surface area contributed by atoms with Crippen molar-refractivity contribution in [2.45, 2.75) is 51.6 Å². The molecule has 0 aromatic carbocycles. The van der Waals surface area contributed by atoms with Gasteiger partial charge in [0.1, 0.15) is 11.3 Å². The van der Waals surface area contributed by atoms with E-state index in [4.69, 9.17) is 4.42 Å². The lowest BCUT2D eigenvalue weighted by atomic mass is 9.85. The molecule has 1 spiro atoms. The highest BCUT2D eigenvalue weighted by Crippen LogP contribution is 2.34. The summed E-state index contributed by atoms with van der Waals surface area (Å²) in [7, 11) is 0. The summed E-state index contributed by atoms with van der Waals surface area (Å²) >= 11 is 0. The van der Waals surface area contributed by atoms with Gasteiger partial charge >= 0.3 is 6.03 Å². The minimum atomic E-state index is -0.831. The summed E-state index contributed by atoms with van der Waals surface area (Å²) in [5.41, 5.74) is -0.831. The lowest BCUT2D eigenvalue weighted by Crippen LogP contribution is -2.57. The van der Waals surface area contributed by atoms with E-state index >= 15 is 0 Å². The van der Waals surface area contributed by atoms with Crippen LogP contribution < -0.4 is 5.32 Å². The number of likely N-dealkylation sites (tertiary alicyclic amines) is 2. The van der Waals surface area contributed by atoms with Crippen LogP contribution in [-0.4, -0.2) is 70.8 Å². The van der Waals surface area contributed by atoms with Crippen molar-refractivity contribution in [2.75, 3.05) is 32.7 Å². The Kier molecular flexibility index (Phi) is 5.38. The third-order valence-electron chi connectivity index (χ3n) is 6.28. The molecule has 0 atom stereocenters. The Bertz CT molecular complexity index is 788. The molecule has 0 aliphatic carbocycles. The van der Waals surface area contributed by atoms with E-state index < -0.39 is 5.54 Å². The van der Waals surface area contributed by atoms with Gasteiger partial charge < -0.3 is 14.2 Å². The molecule has 1 N–H and O–H groups in total. The quantitative estimate of drug-likeness (QED) is 0.762. The number of imide groups is 1. The Balaban J connectivity index is 1.40. The molecule has 3 aliphatic heterocycles.